The Morgan fingerprint density at radius 3 is 2.95 bits per heavy atom. The molecule has 104 valence electrons. The molecule has 0 aliphatic heterocycles. The average molecular weight is 296 g/mol. The molecule has 0 fully saturated rings. The number of aromatic nitrogens is 4. The number of terminal acetylenes is 1. The molecule has 3 rings (SSSR count). The standard InChI is InChI=1S/C15H12N4OS/c1-3-6-20-10-4-5-11(14(7-10)21-2)15-18-12-8-16-17-9-13(12)19-15/h1,4-5,7-9H,6H2,2H3,(H,18,19). The highest BCUT2D eigenvalue weighted by atomic mass is 32.2. The van der Waals surface area contributed by atoms with E-state index < -0.39 is 0 Å². The number of nitrogens with zero attached hydrogens (tertiary/aromatic N) is 3. The molecule has 0 radical (unpaired) electrons. The van der Waals surface area contributed by atoms with E-state index in [9.17, 15) is 0 Å². The molecule has 5 nitrogen and oxygen atoms in total. The summed E-state index contributed by atoms with van der Waals surface area (Å²) in [6.07, 6.45) is 10.5. The van der Waals surface area contributed by atoms with Gasteiger partial charge in [0.1, 0.15) is 23.7 Å². The summed E-state index contributed by atoms with van der Waals surface area (Å²) in [5.74, 6) is 3.99. The fourth-order valence-electron chi connectivity index (χ4n) is 1.99. The van der Waals surface area contributed by atoms with Gasteiger partial charge in [-0.25, -0.2) is 4.98 Å². The van der Waals surface area contributed by atoms with Crippen LogP contribution in [0, 0.1) is 12.3 Å². The van der Waals surface area contributed by atoms with Crippen LogP contribution in [-0.2, 0) is 0 Å². The van der Waals surface area contributed by atoms with Crippen LogP contribution in [0.1, 0.15) is 0 Å². The molecule has 21 heavy (non-hydrogen) atoms. The summed E-state index contributed by atoms with van der Waals surface area (Å²) >= 11 is 1.62. The summed E-state index contributed by atoms with van der Waals surface area (Å²) in [4.78, 5) is 8.85. The number of aromatic amines is 1. The molecular weight excluding hydrogens is 284 g/mol. The highest BCUT2D eigenvalue weighted by Crippen LogP contribution is 2.32. The molecule has 6 heteroatoms. The third-order valence-electron chi connectivity index (χ3n) is 2.95. The first kappa shape index (κ1) is 13.5. The molecule has 0 bridgehead atoms. The summed E-state index contributed by atoms with van der Waals surface area (Å²) in [6, 6.07) is 5.81. The Bertz CT molecular complexity index is 789. The lowest BCUT2D eigenvalue weighted by Gasteiger charge is -2.08. The minimum absolute atomic E-state index is 0.259. The molecule has 0 atom stereocenters. The number of nitrogens with one attached hydrogen (secondary N) is 1. The summed E-state index contributed by atoms with van der Waals surface area (Å²) in [7, 11) is 0. The fraction of sp³-hybridized carbons (Fsp3) is 0.133. The Morgan fingerprint density at radius 2 is 2.19 bits per heavy atom. The Labute approximate surface area is 126 Å². The van der Waals surface area contributed by atoms with Gasteiger partial charge in [0.25, 0.3) is 0 Å². The van der Waals surface area contributed by atoms with Crippen molar-refractivity contribution in [1.29, 1.82) is 0 Å². The molecule has 0 spiro atoms. The maximum absolute atomic E-state index is 5.45. The number of H-pyrrole nitrogens is 1. The van der Waals surface area contributed by atoms with Gasteiger partial charge < -0.3 is 9.72 Å². The zero-order valence-electron chi connectivity index (χ0n) is 11.3. The molecule has 0 unspecified atom stereocenters. The summed E-state index contributed by atoms with van der Waals surface area (Å²) in [6.45, 7) is 0.259. The normalized spacial score (nSPS) is 10.5. The maximum Gasteiger partial charge on any atom is 0.148 e. The van der Waals surface area contributed by atoms with E-state index in [4.69, 9.17) is 11.2 Å². The van der Waals surface area contributed by atoms with Gasteiger partial charge in [0.15, 0.2) is 0 Å². The number of fused-ring (bicyclic) bond motifs is 1. The van der Waals surface area contributed by atoms with Crippen LogP contribution in [0.2, 0.25) is 0 Å². The van der Waals surface area contributed by atoms with Crippen LogP contribution in [0.5, 0.6) is 5.75 Å². The Balaban J connectivity index is 2.03. The van der Waals surface area contributed by atoms with Gasteiger partial charge in [0.2, 0.25) is 0 Å². The molecule has 0 aliphatic carbocycles. The van der Waals surface area contributed by atoms with Crippen molar-refractivity contribution < 1.29 is 4.74 Å². The highest BCUT2D eigenvalue weighted by molar-refractivity contribution is 7.98. The van der Waals surface area contributed by atoms with E-state index in [1.54, 1.807) is 24.2 Å². The summed E-state index contributed by atoms with van der Waals surface area (Å²) in [5, 5.41) is 7.68. The van der Waals surface area contributed by atoms with Crippen molar-refractivity contribution in [2.24, 2.45) is 0 Å². The highest BCUT2D eigenvalue weighted by Gasteiger charge is 2.11. The number of imidazole rings is 1. The number of benzene rings is 1. The molecule has 1 aromatic carbocycles. The van der Waals surface area contributed by atoms with E-state index in [1.807, 2.05) is 24.5 Å². The average Bonchev–Trinajstić information content (AvgIpc) is 2.96. The predicted molar refractivity (Wildman–Crippen MR) is 83.2 cm³/mol. The molecule has 0 saturated carbocycles. The van der Waals surface area contributed by atoms with Crippen LogP contribution in [0.4, 0.5) is 0 Å². The second kappa shape index (κ2) is 5.85. The third kappa shape index (κ3) is 2.69. The van der Waals surface area contributed by atoms with Gasteiger partial charge in [-0.3, -0.25) is 0 Å². The lowest BCUT2D eigenvalue weighted by Crippen LogP contribution is -1.94. The number of hydrogen-bond donors (Lipinski definition) is 1. The molecule has 2 aromatic heterocycles. The largest absolute Gasteiger partial charge is 0.481 e. The lowest BCUT2D eigenvalue weighted by molar-refractivity contribution is 0.369. The first-order chi connectivity index (χ1) is 10.3. The van der Waals surface area contributed by atoms with Crippen LogP contribution in [0.25, 0.3) is 22.4 Å². The van der Waals surface area contributed by atoms with Crippen molar-refractivity contribution in [2.75, 3.05) is 12.9 Å². The van der Waals surface area contributed by atoms with Gasteiger partial charge in [0, 0.05) is 10.5 Å². The fourth-order valence-corrected chi connectivity index (χ4v) is 2.60. The van der Waals surface area contributed by atoms with Gasteiger partial charge in [-0.1, -0.05) is 5.92 Å². The van der Waals surface area contributed by atoms with Gasteiger partial charge in [-0.05, 0) is 24.5 Å². The lowest BCUT2D eigenvalue weighted by atomic mass is 10.2. The number of hydrogen-bond acceptors (Lipinski definition) is 5. The van der Waals surface area contributed by atoms with Crippen molar-refractivity contribution in [3.63, 3.8) is 0 Å². The minimum atomic E-state index is 0.259. The molecule has 2 heterocycles. The second-order valence-electron chi connectivity index (χ2n) is 4.23. The van der Waals surface area contributed by atoms with E-state index in [0.717, 1.165) is 33.1 Å². The van der Waals surface area contributed by atoms with E-state index in [0.29, 0.717) is 0 Å². The van der Waals surface area contributed by atoms with Crippen molar-refractivity contribution in [2.45, 2.75) is 4.90 Å². The monoisotopic (exact) mass is 296 g/mol. The SMILES string of the molecule is C#CCOc1ccc(-c2nc3cnncc3[nH]2)c(SC)c1. The summed E-state index contributed by atoms with van der Waals surface area (Å²) < 4.78 is 5.45. The molecule has 3 aromatic rings. The first-order valence-electron chi connectivity index (χ1n) is 6.23. The van der Waals surface area contributed by atoms with Gasteiger partial charge in [0.05, 0.1) is 17.9 Å². The smallest absolute Gasteiger partial charge is 0.148 e. The maximum atomic E-state index is 5.45. The zero-order valence-corrected chi connectivity index (χ0v) is 12.1. The zero-order chi connectivity index (χ0) is 14.7. The van der Waals surface area contributed by atoms with Crippen LogP contribution in [0.15, 0.2) is 35.5 Å². The predicted octanol–water partition coefficient (Wildman–Crippen LogP) is 2.75. The molecule has 0 saturated heterocycles. The Morgan fingerprint density at radius 1 is 1.33 bits per heavy atom. The molecular formula is C15H12N4OS. The quantitative estimate of drug-likeness (QED) is 0.592. The van der Waals surface area contributed by atoms with E-state index in [2.05, 4.69) is 26.1 Å². The van der Waals surface area contributed by atoms with Crippen LogP contribution >= 0.6 is 11.8 Å². The molecule has 0 amide bonds. The van der Waals surface area contributed by atoms with Crippen molar-refractivity contribution in [3.05, 3.63) is 30.6 Å². The van der Waals surface area contributed by atoms with Crippen LogP contribution < -0.4 is 4.74 Å². The van der Waals surface area contributed by atoms with Crippen LogP contribution in [0.3, 0.4) is 0 Å². The Hall–Kier alpha value is -2.52. The summed E-state index contributed by atoms with van der Waals surface area (Å²) in [5.41, 5.74) is 2.66. The Kier molecular flexibility index (Phi) is 3.75. The van der Waals surface area contributed by atoms with Gasteiger partial charge in [-0.2, -0.15) is 10.2 Å². The number of rotatable bonds is 4. The van der Waals surface area contributed by atoms with Gasteiger partial charge in [-0.15, -0.1) is 18.2 Å². The second-order valence-corrected chi connectivity index (χ2v) is 5.08. The topological polar surface area (TPSA) is 63.7 Å². The van der Waals surface area contributed by atoms with Gasteiger partial charge >= 0.3 is 0 Å². The molecule has 1 N–H and O–H groups in total. The van der Waals surface area contributed by atoms with Crippen molar-refractivity contribution in [1.82, 2.24) is 20.2 Å². The molecule has 0 aliphatic rings. The minimum Gasteiger partial charge on any atom is -0.481 e. The van der Waals surface area contributed by atoms with Crippen molar-refractivity contribution >= 4 is 22.8 Å². The van der Waals surface area contributed by atoms with Crippen LogP contribution in [-0.4, -0.2) is 33.0 Å². The van der Waals surface area contributed by atoms with E-state index >= 15 is 0 Å². The number of ether oxygens (including phenoxy) is 1. The van der Waals surface area contributed by atoms with Crippen molar-refractivity contribution in [3.8, 4) is 29.5 Å². The third-order valence-corrected chi connectivity index (χ3v) is 3.72. The first-order valence-corrected chi connectivity index (χ1v) is 7.45. The number of thioether (sulfide) groups is 1. The van der Waals surface area contributed by atoms with E-state index in [-0.39, 0.29) is 6.61 Å². The van der Waals surface area contributed by atoms with E-state index in [1.165, 1.54) is 0 Å².